The molecule has 1 saturated carbocycles. The fourth-order valence-corrected chi connectivity index (χ4v) is 2.99. The van der Waals surface area contributed by atoms with Crippen molar-refractivity contribution in [1.82, 2.24) is 4.98 Å². The predicted octanol–water partition coefficient (Wildman–Crippen LogP) is 4.69. The summed E-state index contributed by atoms with van der Waals surface area (Å²) in [6.45, 7) is 0.895. The van der Waals surface area contributed by atoms with Crippen LogP contribution < -0.4 is 9.47 Å². The molecule has 0 atom stereocenters. The molecule has 6 heteroatoms. The minimum Gasteiger partial charge on any atom is -0.489 e. The highest BCUT2D eigenvalue weighted by molar-refractivity contribution is 5.88. The van der Waals surface area contributed by atoms with Crippen LogP contribution in [-0.2, 0) is 6.61 Å². The van der Waals surface area contributed by atoms with Gasteiger partial charge in [-0.2, -0.15) is 5.26 Å². The van der Waals surface area contributed by atoms with Gasteiger partial charge in [0.1, 0.15) is 12.4 Å². The Hall–Kier alpha value is -3.85. The summed E-state index contributed by atoms with van der Waals surface area (Å²) in [5.41, 5.74) is 2.90. The zero-order valence-corrected chi connectivity index (χ0v) is 16.2. The number of aromatic carboxylic acids is 1. The van der Waals surface area contributed by atoms with E-state index >= 15 is 0 Å². The minimum atomic E-state index is -1.07. The number of nitriles is 1. The molecule has 1 aliphatic rings. The summed E-state index contributed by atoms with van der Waals surface area (Å²) < 4.78 is 11.5. The molecule has 0 bridgehead atoms. The Morgan fingerprint density at radius 2 is 1.97 bits per heavy atom. The number of nitrogens with zero attached hydrogens (tertiary/aromatic N) is 2. The standard InChI is InChI=1S/C24H20N2O4/c25-12-21-10-18(24(27)28)6-7-20(21)15-29-22-3-1-2-17(11-22)19-8-9-23(26-13-19)30-14-16-4-5-16/h1-3,6-11,13,16H,4-5,14-15H2,(H,27,28). The predicted molar refractivity (Wildman–Crippen MR) is 110 cm³/mol. The minimum absolute atomic E-state index is 0.0781. The Bertz CT molecular complexity index is 1100. The Kier molecular flexibility index (Phi) is 5.62. The van der Waals surface area contributed by atoms with Crippen LogP contribution in [0.2, 0.25) is 0 Å². The summed E-state index contributed by atoms with van der Waals surface area (Å²) in [6.07, 6.45) is 4.26. The summed E-state index contributed by atoms with van der Waals surface area (Å²) in [5, 5.41) is 18.4. The molecule has 1 N–H and O–H groups in total. The number of ether oxygens (including phenoxy) is 2. The van der Waals surface area contributed by atoms with Gasteiger partial charge in [0, 0.05) is 23.4 Å². The maximum absolute atomic E-state index is 11.1. The maximum atomic E-state index is 11.1. The topological polar surface area (TPSA) is 92.4 Å². The van der Waals surface area contributed by atoms with Crippen molar-refractivity contribution in [2.75, 3.05) is 6.61 Å². The average Bonchev–Trinajstić information content (AvgIpc) is 3.61. The van der Waals surface area contributed by atoms with Crippen LogP contribution in [0.3, 0.4) is 0 Å². The molecule has 1 aliphatic carbocycles. The lowest BCUT2D eigenvalue weighted by Gasteiger charge is -2.10. The second-order valence-electron chi connectivity index (χ2n) is 7.24. The van der Waals surface area contributed by atoms with Crippen molar-refractivity contribution in [3.8, 4) is 28.8 Å². The number of carbonyl (C=O) groups is 1. The normalized spacial score (nSPS) is 12.8. The fourth-order valence-electron chi connectivity index (χ4n) is 2.99. The molecule has 1 fully saturated rings. The Labute approximate surface area is 174 Å². The monoisotopic (exact) mass is 400 g/mol. The van der Waals surface area contributed by atoms with Gasteiger partial charge >= 0.3 is 5.97 Å². The van der Waals surface area contributed by atoms with E-state index in [1.54, 1.807) is 12.3 Å². The smallest absolute Gasteiger partial charge is 0.335 e. The lowest BCUT2D eigenvalue weighted by Crippen LogP contribution is -2.02. The van der Waals surface area contributed by atoms with Crippen LogP contribution >= 0.6 is 0 Å². The highest BCUT2D eigenvalue weighted by Gasteiger charge is 2.22. The summed E-state index contributed by atoms with van der Waals surface area (Å²) in [5.74, 6) is 0.895. The molecule has 0 spiro atoms. The van der Waals surface area contributed by atoms with Crippen molar-refractivity contribution >= 4 is 5.97 Å². The van der Waals surface area contributed by atoms with Gasteiger partial charge in [0.2, 0.25) is 5.88 Å². The highest BCUT2D eigenvalue weighted by Crippen LogP contribution is 2.30. The van der Waals surface area contributed by atoms with Crippen molar-refractivity contribution in [2.45, 2.75) is 19.4 Å². The zero-order valence-electron chi connectivity index (χ0n) is 16.2. The lowest BCUT2D eigenvalue weighted by molar-refractivity contribution is 0.0696. The van der Waals surface area contributed by atoms with Crippen LogP contribution in [0.5, 0.6) is 11.6 Å². The van der Waals surface area contributed by atoms with Crippen LogP contribution in [-0.4, -0.2) is 22.7 Å². The van der Waals surface area contributed by atoms with Gasteiger partial charge in [0.25, 0.3) is 0 Å². The van der Waals surface area contributed by atoms with Crippen LogP contribution in [0, 0.1) is 17.2 Å². The molecule has 0 saturated heterocycles. The number of pyridine rings is 1. The molecule has 150 valence electrons. The van der Waals surface area contributed by atoms with Gasteiger partial charge < -0.3 is 14.6 Å². The van der Waals surface area contributed by atoms with Crippen LogP contribution in [0.4, 0.5) is 0 Å². The highest BCUT2D eigenvalue weighted by atomic mass is 16.5. The number of benzene rings is 2. The van der Waals surface area contributed by atoms with E-state index in [0.29, 0.717) is 23.1 Å². The summed E-state index contributed by atoms with van der Waals surface area (Å²) in [6, 6.07) is 17.9. The lowest BCUT2D eigenvalue weighted by atomic mass is 10.1. The van der Waals surface area contributed by atoms with Gasteiger partial charge in [-0.05, 0) is 54.7 Å². The largest absolute Gasteiger partial charge is 0.489 e. The third-order valence-electron chi connectivity index (χ3n) is 4.94. The first-order chi connectivity index (χ1) is 14.6. The zero-order chi connectivity index (χ0) is 20.9. The van der Waals surface area contributed by atoms with E-state index in [0.717, 1.165) is 17.7 Å². The number of hydrogen-bond acceptors (Lipinski definition) is 5. The summed E-state index contributed by atoms with van der Waals surface area (Å²) in [4.78, 5) is 15.4. The SMILES string of the molecule is N#Cc1cc(C(=O)O)ccc1COc1cccc(-c2ccc(OCC3CC3)nc2)c1. The summed E-state index contributed by atoms with van der Waals surface area (Å²) in [7, 11) is 0. The third-order valence-corrected chi connectivity index (χ3v) is 4.94. The molecule has 0 aliphatic heterocycles. The van der Waals surface area contributed by atoms with Crippen LogP contribution in [0.1, 0.15) is 34.3 Å². The molecule has 0 radical (unpaired) electrons. The second-order valence-corrected chi connectivity index (χ2v) is 7.24. The molecule has 0 unspecified atom stereocenters. The molecule has 0 amide bonds. The Balaban J connectivity index is 1.43. The molecule has 2 aromatic carbocycles. The van der Waals surface area contributed by atoms with Crippen molar-refractivity contribution in [2.24, 2.45) is 5.92 Å². The van der Waals surface area contributed by atoms with E-state index in [-0.39, 0.29) is 17.7 Å². The van der Waals surface area contributed by atoms with Crippen molar-refractivity contribution in [1.29, 1.82) is 5.26 Å². The van der Waals surface area contributed by atoms with Gasteiger partial charge in [-0.25, -0.2) is 9.78 Å². The van der Waals surface area contributed by atoms with Gasteiger partial charge in [-0.15, -0.1) is 0 Å². The molecule has 4 rings (SSSR count). The average molecular weight is 400 g/mol. The first-order valence-electron chi connectivity index (χ1n) is 9.71. The van der Waals surface area contributed by atoms with E-state index in [2.05, 4.69) is 4.98 Å². The van der Waals surface area contributed by atoms with Crippen molar-refractivity contribution in [3.63, 3.8) is 0 Å². The van der Waals surface area contributed by atoms with E-state index in [1.807, 2.05) is 42.5 Å². The summed E-state index contributed by atoms with van der Waals surface area (Å²) >= 11 is 0. The molecule has 30 heavy (non-hydrogen) atoms. The Morgan fingerprint density at radius 1 is 1.10 bits per heavy atom. The third kappa shape index (κ3) is 4.76. The van der Waals surface area contributed by atoms with Crippen molar-refractivity contribution in [3.05, 3.63) is 77.5 Å². The van der Waals surface area contributed by atoms with Crippen molar-refractivity contribution < 1.29 is 19.4 Å². The number of carboxylic acids is 1. The van der Waals surface area contributed by atoms with Gasteiger partial charge in [0.05, 0.1) is 23.8 Å². The molecule has 1 aromatic heterocycles. The van der Waals surface area contributed by atoms with Gasteiger partial charge in [-0.3, -0.25) is 0 Å². The van der Waals surface area contributed by atoms with Crippen LogP contribution in [0.25, 0.3) is 11.1 Å². The fraction of sp³-hybridized carbons (Fsp3) is 0.208. The maximum Gasteiger partial charge on any atom is 0.335 e. The quantitative estimate of drug-likeness (QED) is 0.590. The number of aromatic nitrogens is 1. The van der Waals surface area contributed by atoms with E-state index in [4.69, 9.17) is 14.6 Å². The van der Waals surface area contributed by atoms with Gasteiger partial charge in [-0.1, -0.05) is 18.2 Å². The molecule has 3 aromatic rings. The molecular weight excluding hydrogens is 380 g/mol. The van der Waals surface area contributed by atoms with Gasteiger partial charge in [0.15, 0.2) is 0 Å². The first-order valence-corrected chi connectivity index (χ1v) is 9.71. The molecule has 6 nitrogen and oxygen atoms in total. The number of rotatable bonds is 8. The van der Waals surface area contributed by atoms with E-state index in [1.165, 1.54) is 25.0 Å². The van der Waals surface area contributed by atoms with E-state index in [9.17, 15) is 10.1 Å². The van der Waals surface area contributed by atoms with E-state index < -0.39 is 5.97 Å². The number of hydrogen-bond donors (Lipinski definition) is 1. The Morgan fingerprint density at radius 3 is 2.67 bits per heavy atom. The molecule has 1 heterocycles. The number of carboxylic acid groups (broad SMARTS) is 1. The molecular formula is C24H20N2O4. The first kappa shape index (κ1) is 19.5. The van der Waals surface area contributed by atoms with Crippen LogP contribution in [0.15, 0.2) is 60.8 Å². The second kappa shape index (κ2) is 8.66.